The SMILES string of the molecule is NC[C@H]1O[C@@H](O[C@H]2[C@@H](O)[C@H](O[C@@H]3[C@@H](O)[C@H](N)C[C@H](N)[C@H]3OCSc3nc(N)nc4nc[nH]c34)O[C@@H]2CO)[C@@H](N)[C@H](O)[C@H]1O. The molecule has 2 saturated heterocycles. The fourth-order valence-corrected chi connectivity index (χ4v) is 6.24. The van der Waals surface area contributed by atoms with Crippen LogP contribution in [0.5, 0.6) is 0 Å². The summed E-state index contributed by atoms with van der Waals surface area (Å²) < 4.78 is 29.2. The lowest BCUT2D eigenvalue weighted by atomic mass is 9.84. The van der Waals surface area contributed by atoms with E-state index in [0.29, 0.717) is 16.2 Å². The van der Waals surface area contributed by atoms with Crippen LogP contribution in [0.1, 0.15) is 6.42 Å². The van der Waals surface area contributed by atoms with Crippen molar-refractivity contribution >= 4 is 28.9 Å². The highest BCUT2D eigenvalue weighted by molar-refractivity contribution is 7.99. The van der Waals surface area contributed by atoms with E-state index in [1.807, 2.05) is 0 Å². The molecule has 0 spiro atoms. The third-order valence-corrected chi connectivity index (χ3v) is 8.65. The molecular formula is C23H39N9O10S. The molecule has 14 atom stereocenters. The maximum Gasteiger partial charge on any atom is 0.223 e. The van der Waals surface area contributed by atoms with Crippen molar-refractivity contribution in [2.45, 2.75) is 97.1 Å². The fraction of sp³-hybridized carbons (Fsp3) is 0.783. The number of thioether (sulfide) groups is 1. The largest absolute Gasteiger partial charge is 0.394 e. The van der Waals surface area contributed by atoms with Crippen LogP contribution in [0.3, 0.4) is 0 Å². The highest BCUT2D eigenvalue weighted by Crippen LogP contribution is 2.34. The summed E-state index contributed by atoms with van der Waals surface area (Å²) in [6.07, 6.45) is -12.0. The molecule has 0 unspecified atom stereocenters. The lowest BCUT2D eigenvalue weighted by Crippen LogP contribution is -2.64. The minimum absolute atomic E-state index is 0.0111. The highest BCUT2D eigenvalue weighted by Gasteiger charge is 2.53. The number of anilines is 1. The third-order valence-electron chi connectivity index (χ3n) is 7.83. The summed E-state index contributed by atoms with van der Waals surface area (Å²) in [6, 6.07) is -2.64. The van der Waals surface area contributed by atoms with E-state index in [9.17, 15) is 25.5 Å². The van der Waals surface area contributed by atoms with Crippen LogP contribution < -0.4 is 28.7 Å². The van der Waals surface area contributed by atoms with Gasteiger partial charge in [-0.05, 0) is 6.42 Å². The second kappa shape index (κ2) is 13.6. The van der Waals surface area contributed by atoms with Gasteiger partial charge in [0.1, 0.15) is 59.4 Å². The number of aromatic amines is 1. The number of nitrogens with two attached hydrogens (primary N) is 5. The Morgan fingerprint density at radius 3 is 2.35 bits per heavy atom. The van der Waals surface area contributed by atoms with Crippen molar-refractivity contribution in [3.63, 3.8) is 0 Å². The molecule has 20 heteroatoms. The summed E-state index contributed by atoms with van der Waals surface area (Å²) in [5, 5.41) is 53.0. The lowest BCUT2D eigenvalue weighted by molar-refractivity contribution is -0.280. The predicted octanol–water partition coefficient (Wildman–Crippen LogP) is -5.63. The summed E-state index contributed by atoms with van der Waals surface area (Å²) in [5.41, 5.74) is 30.8. The maximum absolute atomic E-state index is 11.1. The smallest absolute Gasteiger partial charge is 0.223 e. The van der Waals surface area contributed by atoms with Crippen LogP contribution in [0.4, 0.5) is 5.95 Å². The zero-order valence-corrected chi connectivity index (χ0v) is 23.7. The Kier molecular flexibility index (Phi) is 10.3. The van der Waals surface area contributed by atoms with Crippen molar-refractivity contribution in [1.82, 2.24) is 19.9 Å². The van der Waals surface area contributed by atoms with Gasteiger partial charge in [0.05, 0.1) is 31.0 Å². The maximum atomic E-state index is 11.1. The Labute approximate surface area is 249 Å². The number of aliphatic hydroxyl groups is 5. The van der Waals surface area contributed by atoms with Crippen LogP contribution in [0, 0.1) is 0 Å². The molecule has 2 aromatic rings. The van der Waals surface area contributed by atoms with Gasteiger partial charge in [-0.2, -0.15) is 4.98 Å². The Hall–Kier alpha value is -1.86. The first-order valence-electron chi connectivity index (χ1n) is 13.7. The van der Waals surface area contributed by atoms with Crippen LogP contribution in [0.15, 0.2) is 11.4 Å². The van der Waals surface area contributed by atoms with Crippen LogP contribution in [-0.2, 0) is 23.7 Å². The molecule has 1 aliphatic carbocycles. The zero-order chi connectivity index (χ0) is 31.0. The molecule has 3 fully saturated rings. The number of H-pyrrole nitrogens is 1. The van der Waals surface area contributed by atoms with E-state index in [1.54, 1.807) is 0 Å². The molecule has 16 N–H and O–H groups in total. The quantitative estimate of drug-likeness (QED) is 0.0659. The minimum atomic E-state index is -1.53. The van der Waals surface area contributed by atoms with Gasteiger partial charge in [0.25, 0.3) is 0 Å². The first kappa shape index (κ1) is 32.5. The predicted molar refractivity (Wildman–Crippen MR) is 147 cm³/mol. The highest BCUT2D eigenvalue weighted by atomic mass is 32.2. The normalized spacial score (nSPS) is 42.1. The third kappa shape index (κ3) is 6.59. The Balaban J connectivity index is 1.27. The minimum Gasteiger partial charge on any atom is -0.394 e. The number of nitrogens with one attached hydrogen (secondary N) is 1. The number of rotatable bonds is 10. The lowest BCUT2D eigenvalue weighted by Gasteiger charge is -2.43. The average Bonchev–Trinajstić information content (AvgIpc) is 3.57. The Morgan fingerprint density at radius 2 is 1.63 bits per heavy atom. The van der Waals surface area contributed by atoms with Crippen LogP contribution in [0.25, 0.3) is 11.2 Å². The molecule has 0 amide bonds. The van der Waals surface area contributed by atoms with Gasteiger partial charge >= 0.3 is 0 Å². The van der Waals surface area contributed by atoms with Crippen molar-refractivity contribution in [3.8, 4) is 0 Å². The van der Waals surface area contributed by atoms with Gasteiger partial charge in [0.15, 0.2) is 18.2 Å². The van der Waals surface area contributed by atoms with Gasteiger partial charge in [-0.25, -0.2) is 9.97 Å². The molecule has 2 aromatic heterocycles. The number of fused-ring (bicyclic) bond motifs is 1. The van der Waals surface area contributed by atoms with Crippen LogP contribution in [-0.4, -0.2) is 150 Å². The van der Waals surface area contributed by atoms with Crippen molar-refractivity contribution < 1.29 is 49.2 Å². The number of nitrogen functional groups attached to an aromatic ring is 1. The molecule has 0 bridgehead atoms. The van der Waals surface area contributed by atoms with Gasteiger partial charge in [0.2, 0.25) is 5.95 Å². The number of nitrogens with zero attached hydrogens (tertiary/aromatic N) is 3. The molecule has 19 nitrogen and oxygen atoms in total. The van der Waals surface area contributed by atoms with Gasteiger partial charge in [-0.1, -0.05) is 11.8 Å². The topological polar surface area (TPSA) is 332 Å². The fourth-order valence-electron chi connectivity index (χ4n) is 5.45. The molecule has 0 radical (unpaired) electrons. The van der Waals surface area contributed by atoms with E-state index < -0.39 is 92.2 Å². The summed E-state index contributed by atoms with van der Waals surface area (Å²) in [6.45, 7) is -0.733. The van der Waals surface area contributed by atoms with Crippen molar-refractivity contribution in [2.75, 3.05) is 24.8 Å². The van der Waals surface area contributed by atoms with E-state index in [0.717, 1.165) is 0 Å². The molecule has 242 valence electrons. The summed E-state index contributed by atoms with van der Waals surface area (Å²) in [5.74, 6) is 0.0440. The molecule has 5 rings (SSSR count). The average molecular weight is 634 g/mol. The number of aliphatic hydroxyl groups excluding tert-OH is 5. The van der Waals surface area contributed by atoms with Crippen molar-refractivity contribution in [1.29, 1.82) is 0 Å². The first-order chi connectivity index (χ1) is 20.5. The molecule has 43 heavy (non-hydrogen) atoms. The van der Waals surface area contributed by atoms with Gasteiger partial charge in [-0.15, -0.1) is 0 Å². The van der Waals surface area contributed by atoms with Crippen molar-refractivity contribution in [2.24, 2.45) is 22.9 Å². The van der Waals surface area contributed by atoms with Gasteiger partial charge < -0.3 is 82.9 Å². The number of hydrogen-bond acceptors (Lipinski definition) is 19. The first-order valence-corrected chi connectivity index (χ1v) is 14.6. The van der Waals surface area contributed by atoms with Gasteiger partial charge in [0, 0.05) is 18.6 Å². The van der Waals surface area contributed by atoms with Crippen molar-refractivity contribution in [3.05, 3.63) is 6.33 Å². The summed E-state index contributed by atoms with van der Waals surface area (Å²) >= 11 is 1.18. The number of ether oxygens (including phenoxy) is 5. The number of hydrogen-bond donors (Lipinski definition) is 11. The standard InChI is InChI=1S/C23H39N9O10S/c24-2-8-13(35)14(36)10(27)21(39-8)41-17-9(3-33)40-22(15(17)37)42-18-12(34)6(25)1-7(26)16(18)38-5-43-20-11-19(30-4-29-11)31-23(28)32-20/h4,6-10,12-18,21-22,33-37H,1-3,5,24-27H2,(H3,28,29,30,31,32)/t6-,7+,8-,9-,10+,12+,13+,14+,15-,16-,17-,18-,21+,22+/m1/s1. The summed E-state index contributed by atoms with van der Waals surface area (Å²) in [7, 11) is 0. The summed E-state index contributed by atoms with van der Waals surface area (Å²) in [4.78, 5) is 15.3. The van der Waals surface area contributed by atoms with Crippen LogP contribution >= 0.6 is 11.8 Å². The van der Waals surface area contributed by atoms with Gasteiger partial charge in [-0.3, -0.25) is 0 Å². The van der Waals surface area contributed by atoms with E-state index in [2.05, 4.69) is 19.9 Å². The van der Waals surface area contributed by atoms with E-state index in [1.165, 1.54) is 18.1 Å². The Bertz CT molecular complexity index is 1220. The molecule has 3 aliphatic rings. The molecule has 2 aliphatic heterocycles. The van der Waals surface area contributed by atoms with E-state index in [-0.39, 0.29) is 24.9 Å². The second-order valence-electron chi connectivity index (χ2n) is 10.7. The monoisotopic (exact) mass is 633 g/mol. The van der Waals surface area contributed by atoms with E-state index >= 15 is 0 Å². The molecule has 0 aromatic carbocycles. The molecule has 4 heterocycles. The Morgan fingerprint density at radius 1 is 0.907 bits per heavy atom. The molecular weight excluding hydrogens is 594 g/mol. The van der Waals surface area contributed by atoms with Crippen LogP contribution in [0.2, 0.25) is 0 Å². The second-order valence-corrected chi connectivity index (χ2v) is 11.6. The molecule has 1 saturated carbocycles. The number of aromatic nitrogens is 4. The number of imidazole rings is 1. The zero-order valence-electron chi connectivity index (χ0n) is 22.9. The van der Waals surface area contributed by atoms with E-state index in [4.69, 9.17) is 52.4 Å².